The van der Waals surface area contributed by atoms with Crippen molar-refractivity contribution in [2.45, 2.75) is 6.92 Å². The normalized spacial score (nSPS) is 9.36. The third kappa shape index (κ3) is 1.58. The van der Waals surface area contributed by atoms with E-state index in [1.165, 1.54) is 0 Å². The van der Waals surface area contributed by atoms with Gasteiger partial charge in [0.25, 0.3) is 0 Å². The first-order chi connectivity index (χ1) is 5.27. The fourth-order valence-electron chi connectivity index (χ4n) is 0.816. The zero-order valence-corrected chi connectivity index (χ0v) is 6.97. The highest BCUT2D eigenvalue weighted by molar-refractivity contribution is 5.45. The average molecular weight is 152 g/mol. The topological polar surface area (TPSA) is 49.8 Å². The van der Waals surface area contributed by atoms with Crippen molar-refractivity contribution >= 4 is 11.8 Å². The zero-order chi connectivity index (χ0) is 8.27. The lowest BCUT2D eigenvalue weighted by Gasteiger charge is -2.04. The van der Waals surface area contributed by atoms with Crippen LogP contribution in [-0.4, -0.2) is 24.1 Å². The minimum absolute atomic E-state index is 0.639. The number of rotatable bonds is 2. The van der Waals surface area contributed by atoms with E-state index in [-0.39, 0.29) is 0 Å². The van der Waals surface area contributed by atoms with Crippen molar-refractivity contribution in [3.63, 3.8) is 0 Å². The first-order valence-corrected chi connectivity index (χ1v) is 3.47. The van der Waals surface area contributed by atoms with Gasteiger partial charge >= 0.3 is 0 Å². The highest BCUT2D eigenvalue weighted by atomic mass is 15.1. The van der Waals surface area contributed by atoms with Crippen LogP contribution in [0.15, 0.2) is 6.20 Å². The van der Waals surface area contributed by atoms with Crippen molar-refractivity contribution < 1.29 is 0 Å². The van der Waals surface area contributed by atoms with Crippen LogP contribution in [0.1, 0.15) is 5.56 Å². The molecule has 60 valence electrons. The van der Waals surface area contributed by atoms with Gasteiger partial charge in [0.05, 0.1) is 0 Å². The Kier molecular flexibility index (Phi) is 2.25. The van der Waals surface area contributed by atoms with E-state index in [1.807, 2.05) is 14.0 Å². The number of hydrogen-bond donors (Lipinski definition) is 2. The van der Waals surface area contributed by atoms with Gasteiger partial charge in [-0.3, -0.25) is 0 Å². The molecule has 0 amide bonds. The average Bonchev–Trinajstić information content (AvgIpc) is 2.05. The van der Waals surface area contributed by atoms with Crippen LogP contribution in [0.4, 0.5) is 11.8 Å². The molecule has 1 aromatic heterocycles. The largest absolute Gasteiger partial charge is 0.373 e. The van der Waals surface area contributed by atoms with Gasteiger partial charge < -0.3 is 10.6 Å². The molecule has 4 nitrogen and oxygen atoms in total. The molecule has 0 aliphatic rings. The van der Waals surface area contributed by atoms with Crippen molar-refractivity contribution in [3.05, 3.63) is 11.8 Å². The summed E-state index contributed by atoms with van der Waals surface area (Å²) in [6.07, 6.45) is 1.78. The molecule has 0 saturated heterocycles. The maximum absolute atomic E-state index is 4.18. The molecule has 1 rings (SSSR count). The summed E-state index contributed by atoms with van der Waals surface area (Å²) in [7, 11) is 3.64. The molecule has 2 N–H and O–H groups in total. The Morgan fingerprint density at radius 3 is 2.55 bits per heavy atom. The second kappa shape index (κ2) is 3.18. The molecule has 0 radical (unpaired) electrons. The van der Waals surface area contributed by atoms with E-state index in [1.54, 1.807) is 13.2 Å². The van der Waals surface area contributed by atoms with Crippen LogP contribution in [0.3, 0.4) is 0 Å². The molecule has 0 atom stereocenters. The molecule has 1 aromatic rings. The SMILES string of the molecule is CNc1ncc(C)c(NC)n1. The second-order valence-corrected chi connectivity index (χ2v) is 2.23. The van der Waals surface area contributed by atoms with Gasteiger partial charge in [-0.1, -0.05) is 0 Å². The number of hydrogen-bond acceptors (Lipinski definition) is 4. The third-order valence-electron chi connectivity index (χ3n) is 1.43. The predicted octanol–water partition coefficient (Wildman–Crippen LogP) is 0.868. The predicted molar refractivity (Wildman–Crippen MR) is 45.9 cm³/mol. The molecule has 0 spiro atoms. The molecule has 0 aromatic carbocycles. The Bertz CT molecular complexity index is 246. The van der Waals surface area contributed by atoms with E-state index in [0.29, 0.717) is 5.95 Å². The van der Waals surface area contributed by atoms with Crippen LogP contribution in [0.2, 0.25) is 0 Å². The summed E-state index contributed by atoms with van der Waals surface area (Å²) in [5.41, 5.74) is 1.05. The molecule has 11 heavy (non-hydrogen) atoms. The fraction of sp³-hybridized carbons (Fsp3) is 0.429. The summed E-state index contributed by atoms with van der Waals surface area (Å²) in [6.45, 7) is 1.96. The van der Waals surface area contributed by atoms with Gasteiger partial charge in [0.2, 0.25) is 5.95 Å². The van der Waals surface area contributed by atoms with E-state index in [4.69, 9.17) is 0 Å². The van der Waals surface area contributed by atoms with Gasteiger partial charge in [0.15, 0.2) is 0 Å². The van der Waals surface area contributed by atoms with E-state index in [2.05, 4.69) is 20.6 Å². The van der Waals surface area contributed by atoms with Gasteiger partial charge in [0, 0.05) is 25.9 Å². The van der Waals surface area contributed by atoms with E-state index < -0.39 is 0 Å². The fourth-order valence-corrected chi connectivity index (χ4v) is 0.816. The lowest BCUT2D eigenvalue weighted by molar-refractivity contribution is 1.11. The van der Waals surface area contributed by atoms with Crippen LogP contribution in [0, 0.1) is 6.92 Å². The molecule has 0 aliphatic carbocycles. The van der Waals surface area contributed by atoms with E-state index in [9.17, 15) is 0 Å². The Balaban J connectivity index is 3.02. The van der Waals surface area contributed by atoms with Gasteiger partial charge in [-0.25, -0.2) is 4.98 Å². The van der Waals surface area contributed by atoms with Crippen LogP contribution < -0.4 is 10.6 Å². The highest BCUT2D eigenvalue weighted by Crippen LogP contribution is 2.10. The van der Waals surface area contributed by atoms with Gasteiger partial charge in [-0.15, -0.1) is 0 Å². The summed E-state index contributed by atoms with van der Waals surface area (Å²) in [6, 6.07) is 0. The molecule has 0 saturated carbocycles. The minimum atomic E-state index is 0.639. The summed E-state index contributed by atoms with van der Waals surface area (Å²) < 4.78 is 0. The monoisotopic (exact) mass is 152 g/mol. The molecule has 0 unspecified atom stereocenters. The smallest absolute Gasteiger partial charge is 0.224 e. The van der Waals surface area contributed by atoms with E-state index in [0.717, 1.165) is 11.4 Å². The quantitative estimate of drug-likeness (QED) is 0.660. The van der Waals surface area contributed by atoms with Crippen LogP contribution in [0.25, 0.3) is 0 Å². The Morgan fingerprint density at radius 2 is 2.00 bits per heavy atom. The third-order valence-corrected chi connectivity index (χ3v) is 1.43. The zero-order valence-electron chi connectivity index (χ0n) is 6.97. The summed E-state index contributed by atoms with van der Waals surface area (Å²) in [4.78, 5) is 8.22. The number of aryl methyl sites for hydroxylation is 1. The molecule has 0 aliphatic heterocycles. The summed E-state index contributed by atoms with van der Waals surface area (Å²) in [5.74, 6) is 1.50. The first kappa shape index (κ1) is 7.78. The molecule has 0 bridgehead atoms. The lowest BCUT2D eigenvalue weighted by Crippen LogP contribution is -2.01. The Hall–Kier alpha value is -1.32. The molecule has 1 heterocycles. The van der Waals surface area contributed by atoms with Crippen LogP contribution in [0.5, 0.6) is 0 Å². The van der Waals surface area contributed by atoms with Gasteiger partial charge in [-0.05, 0) is 6.92 Å². The summed E-state index contributed by atoms with van der Waals surface area (Å²) in [5, 5.41) is 5.85. The van der Waals surface area contributed by atoms with E-state index >= 15 is 0 Å². The van der Waals surface area contributed by atoms with Crippen molar-refractivity contribution in [1.29, 1.82) is 0 Å². The lowest BCUT2D eigenvalue weighted by atomic mass is 10.3. The molecule has 4 heteroatoms. The second-order valence-electron chi connectivity index (χ2n) is 2.23. The van der Waals surface area contributed by atoms with Crippen LogP contribution >= 0.6 is 0 Å². The number of anilines is 2. The van der Waals surface area contributed by atoms with Gasteiger partial charge in [-0.2, -0.15) is 4.98 Å². The summed E-state index contributed by atoms with van der Waals surface area (Å²) >= 11 is 0. The number of nitrogens with one attached hydrogen (secondary N) is 2. The highest BCUT2D eigenvalue weighted by Gasteiger charge is 1.98. The molecule has 0 fully saturated rings. The minimum Gasteiger partial charge on any atom is -0.373 e. The van der Waals surface area contributed by atoms with Crippen molar-refractivity contribution in [3.8, 4) is 0 Å². The van der Waals surface area contributed by atoms with Crippen molar-refractivity contribution in [2.24, 2.45) is 0 Å². The standard InChI is InChI=1S/C7H12N4/c1-5-4-10-7(9-3)11-6(5)8-2/h4H,1-3H3,(H2,8,9,10,11). The van der Waals surface area contributed by atoms with Crippen molar-refractivity contribution in [1.82, 2.24) is 9.97 Å². The maximum Gasteiger partial charge on any atom is 0.224 e. The molecular formula is C7H12N4. The Labute approximate surface area is 66.1 Å². The van der Waals surface area contributed by atoms with Crippen molar-refractivity contribution in [2.75, 3.05) is 24.7 Å². The van der Waals surface area contributed by atoms with Gasteiger partial charge in [0.1, 0.15) is 5.82 Å². The maximum atomic E-state index is 4.18. The van der Waals surface area contributed by atoms with Crippen LogP contribution in [-0.2, 0) is 0 Å². The number of aromatic nitrogens is 2. The molecular weight excluding hydrogens is 140 g/mol. The number of nitrogens with zero attached hydrogens (tertiary/aromatic N) is 2. The first-order valence-electron chi connectivity index (χ1n) is 3.47. The Morgan fingerprint density at radius 1 is 1.27 bits per heavy atom.